The number of nitrogens with one attached hydrogen (secondary N) is 1. The van der Waals surface area contributed by atoms with Gasteiger partial charge in [-0.3, -0.25) is 4.90 Å². The fourth-order valence-corrected chi connectivity index (χ4v) is 2.09. The van der Waals surface area contributed by atoms with Gasteiger partial charge in [-0.25, -0.2) is 0 Å². The van der Waals surface area contributed by atoms with E-state index in [0.717, 1.165) is 18.1 Å². The van der Waals surface area contributed by atoms with Crippen molar-refractivity contribution in [3.05, 3.63) is 34.9 Å². The van der Waals surface area contributed by atoms with Gasteiger partial charge in [-0.05, 0) is 45.5 Å². The monoisotopic (exact) mass is 298 g/mol. The molecule has 1 aromatic carbocycles. The minimum atomic E-state index is 0.118. The lowest BCUT2D eigenvalue weighted by Gasteiger charge is -2.31. The molecule has 114 valence electrons. The lowest BCUT2D eigenvalue weighted by molar-refractivity contribution is 0.0972. The minimum Gasteiger partial charge on any atom is -0.383 e. The smallest absolute Gasteiger partial charge is 0.0630 e. The molecule has 0 aliphatic carbocycles. The third kappa shape index (κ3) is 6.71. The van der Waals surface area contributed by atoms with E-state index in [0.29, 0.717) is 12.6 Å². The maximum absolute atomic E-state index is 5.92. The van der Waals surface area contributed by atoms with Crippen LogP contribution in [-0.2, 0) is 11.3 Å². The van der Waals surface area contributed by atoms with Crippen LogP contribution in [0.4, 0.5) is 0 Å². The Kier molecular flexibility index (Phi) is 6.96. The molecular formula is C16H27ClN2O. The molecule has 0 aromatic heterocycles. The first-order valence-corrected chi connectivity index (χ1v) is 7.38. The van der Waals surface area contributed by atoms with Crippen LogP contribution in [0, 0.1) is 0 Å². The van der Waals surface area contributed by atoms with E-state index in [1.165, 1.54) is 5.56 Å². The number of hydrogen-bond donors (Lipinski definition) is 1. The van der Waals surface area contributed by atoms with E-state index < -0.39 is 0 Å². The van der Waals surface area contributed by atoms with Crippen LogP contribution in [0.1, 0.15) is 26.3 Å². The molecule has 3 nitrogen and oxygen atoms in total. The highest BCUT2D eigenvalue weighted by molar-refractivity contribution is 6.30. The first-order chi connectivity index (χ1) is 9.31. The van der Waals surface area contributed by atoms with E-state index in [2.05, 4.69) is 50.2 Å². The Bertz CT molecular complexity index is 386. The third-order valence-electron chi connectivity index (χ3n) is 3.20. The van der Waals surface area contributed by atoms with E-state index in [9.17, 15) is 0 Å². The number of nitrogens with zero attached hydrogens (tertiary/aromatic N) is 1. The topological polar surface area (TPSA) is 24.5 Å². The average Bonchev–Trinajstić information content (AvgIpc) is 2.36. The van der Waals surface area contributed by atoms with Crippen LogP contribution in [-0.4, -0.2) is 43.8 Å². The van der Waals surface area contributed by atoms with E-state index in [1.807, 2.05) is 12.1 Å². The summed E-state index contributed by atoms with van der Waals surface area (Å²) >= 11 is 5.92. The highest BCUT2D eigenvalue weighted by Gasteiger charge is 2.18. The molecule has 1 rings (SSSR count). The van der Waals surface area contributed by atoms with E-state index in [4.69, 9.17) is 16.3 Å². The molecular weight excluding hydrogens is 272 g/mol. The molecule has 1 unspecified atom stereocenters. The summed E-state index contributed by atoms with van der Waals surface area (Å²) in [5.41, 5.74) is 1.38. The van der Waals surface area contributed by atoms with Crippen molar-refractivity contribution in [1.82, 2.24) is 10.2 Å². The van der Waals surface area contributed by atoms with Crippen LogP contribution >= 0.6 is 11.6 Å². The zero-order valence-electron chi connectivity index (χ0n) is 13.2. The Labute approximate surface area is 128 Å². The second-order valence-electron chi connectivity index (χ2n) is 6.28. The Morgan fingerprint density at radius 1 is 1.25 bits per heavy atom. The van der Waals surface area contributed by atoms with E-state index >= 15 is 0 Å². The number of hydrogen-bond acceptors (Lipinski definition) is 3. The lowest BCUT2D eigenvalue weighted by atomic mass is 10.1. The van der Waals surface area contributed by atoms with Crippen LogP contribution in [0.15, 0.2) is 24.3 Å². The van der Waals surface area contributed by atoms with Crippen molar-refractivity contribution in [3.8, 4) is 0 Å². The number of likely N-dealkylation sites (N-methyl/N-ethyl adjacent to an activating group) is 1. The summed E-state index contributed by atoms with van der Waals surface area (Å²) in [6.45, 7) is 9.04. The average molecular weight is 299 g/mol. The molecule has 0 heterocycles. The van der Waals surface area contributed by atoms with Gasteiger partial charge < -0.3 is 10.1 Å². The largest absolute Gasteiger partial charge is 0.383 e. The highest BCUT2D eigenvalue weighted by Crippen LogP contribution is 2.12. The molecule has 1 N–H and O–H groups in total. The summed E-state index contributed by atoms with van der Waals surface area (Å²) in [5, 5.41) is 4.32. The predicted molar refractivity (Wildman–Crippen MR) is 86.3 cm³/mol. The van der Waals surface area contributed by atoms with Gasteiger partial charge in [0.25, 0.3) is 0 Å². The molecule has 0 aliphatic rings. The van der Waals surface area contributed by atoms with Crippen LogP contribution < -0.4 is 5.32 Å². The summed E-state index contributed by atoms with van der Waals surface area (Å²) in [6, 6.07) is 8.35. The molecule has 0 fully saturated rings. The number of rotatable bonds is 7. The minimum absolute atomic E-state index is 0.118. The van der Waals surface area contributed by atoms with Gasteiger partial charge in [-0.15, -0.1) is 0 Å². The van der Waals surface area contributed by atoms with Gasteiger partial charge in [0.15, 0.2) is 0 Å². The van der Waals surface area contributed by atoms with Gasteiger partial charge in [-0.1, -0.05) is 23.7 Å². The maximum Gasteiger partial charge on any atom is 0.0630 e. The Morgan fingerprint density at radius 3 is 2.35 bits per heavy atom. The lowest BCUT2D eigenvalue weighted by Crippen LogP contribution is -2.48. The maximum atomic E-state index is 5.92. The summed E-state index contributed by atoms with van der Waals surface area (Å²) < 4.78 is 5.34. The molecule has 1 atom stereocenters. The quantitative estimate of drug-likeness (QED) is 0.837. The summed E-state index contributed by atoms with van der Waals surface area (Å²) in [4.78, 5) is 2.31. The first kappa shape index (κ1) is 17.4. The Hall–Kier alpha value is -0.610. The van der Waals surface area contributed by atoms with Gasteiger partial charge in [0.05, 0.1) is 6.61 Å². The zero-order chi connectivity index (χ0) is 15.2. The second kappa shape index (κ2) is 7.99. The van der Waals surface area contributed by atoms with Gasteiger partial charge in [0, 0.05) is 36.8 Å². The predicted octanol–water partition coefficient (Wildman–Crippen LogP) is 3.17. The molecule has 20 heavy (non-hydrogen) atoms. The second-order valence-corrected chi connectivity index (χ2v) is 6.72. The van der Waals surface area contributed by atoms with Gasteiger partial charge >= 0.3 is 0 Å². The van der Waals surface area contributed by atoms with Gasteiger partial charge in [-0.2, -0.15) is 0 Å². The molecule has 0 bridgehead atoms. The molecule has 0 amide bonds. The van der Waals surface area contributed by atoms with Crippen molar-refractivity contribution < 1.29 is 4.74 Å². The van der Waals surface area contributed by atoms with Gasteiger partial charge in [0.1, 0.15) is 0 Å². The van der Waals surface area contributed by atoms with Crippen molar-refractivity contribution in [2.45, 2.75) is 38.9 Å². The summed E-state index contributed by atoms with van der Waals surface area (Å²) in [6.07, 6.45) is 0. The molecule has 0 radical (unpaired) electrons. The summed E-state index contributed by atoms with van der Waals surface area (Å²) in [7, 11) is 3.88. The normalized spacial score (nSPS) is 13.8. The van der Waals surface area contributed by atoms with Gasteiger partial charge in [0.2, 0.25) is 0 Å². The van der Waals surface area contributed by atoms with Crippen LogP contribution in [0.5, 0.6) is 0 Å². The SMILES string of the molecule is COCC(CNC(C)(C)C)N(C)Cc1ccc(Cl)cc1. The van der Waals surface area contributed by atoms with Crippen molar-refractivity contribution in [2.24, 2.45) is 0 Å². The third-order valence-corrected chi connectivity index (χ3v) is 3.45. The summed E-state index contributed by atoms with van der Waals surface area (Å²) in [5.74, 6) is 0. The van der Waals surface area contributed by atoms with Crippen LogP contribution in [0.25, 0.3) is 0 Å². The molecule has 4 heteroatoms. The Morgan fingerprint density at radius 2 is 1.85 bits per heavy atom. The van der Waals surface area contributed by atoms with E-state index in [-0.39, 0.29) is 5.54 Å². The first-order valence-electron chi connectivity index (χ1n) is 7.00. The van der Waals surface area contributed by atoms with Crippen molar-refractivity contribution in [2.75, 3.05) is 27.3 Å². The Balaban J connectivity index is 2.58. The van der Waals surface area contributed by atoms with Crippen molar-refractivity contribution in [3.63, 3.8) is 0 Å². The van der Waals surface area contributed by atoms with Crippen LogP contribution in [0.2, 0.25) is 5.02 Å². The van der Waals surface area contributed by atoms with Crippen molar-refractivity contribution in [1.29, 1.82) is 0 Å². The molecule has 0 aliphatic heterocycles. The molecule has 0 saturated heterocycles. The standard InChI is InChI=1S/C16H27ClN2O/c1-16(2,3)18-10-15(12-20-5)19(4)11-13-6-8-14(17)9-7-13/h6-9,15,18H,10-12H2,1-5H3. The molecule has 1 aromatic rings. The number of ether oxygens (including phenoxy) is 1. The number of halogens is 1. The molecule has 0 spiro atoms. The van der Waals surface area contributed by atoms with E-state index in [1.54, 1.807) is 7.11 Å². The molecule has 0 saturated carbocycles. The highest BCUT2D eigenvalue weighted by atomic mass is 35.5. The van der Waals surface area contributed by atoms with Crippen LogP contribution in [0.3, 0.4) is 0 Å². The number of benzene rings is 1. The van der Waals surface area contributed by atoms with Crippen molar-refractivity contribution >= 4 is 11.6 Å². The fourth-order valence-electron chi connectivity index (χ4n) is 1.97. The number of methoxy groups -OCH3 is 1. The zero-order valence-corrected chi connectivity index (χ0v) is 14.0. The fraction of sp³-hybridized carbons (Fsp3) is 0.625.